The predicted molar refractivity (Wildman–Crippen MR) is 98.9 cm³/mol. The van der Waals surface area contributed by atoms with Crippen molar-refractivity contribution in [1.29, 1.82) is 0 Å². The Morgan fingerprint density at radius 2 is 1.78 bits per heavy atom. The van der Waals surface area contributed by atoms with Gasteiger partial charge in [-0.2, -0.15) is 4.58 Å². The van der Waals surface area contributed by atoms with Gasteiger partial charge in [-0.3, -0.25) is 0 Å². The molecule has 1 aliphatic carbocycles. The molecule has 1 aliphatic heterocycles. The van der Waals surface area contributed by atoms with E-state index in [4.69, 9.17) is 0 Å². The third-order valence-corrected chi connectivity index (χ3v) is 5.82. The van der Waals surface area contributed by atoms with Gasteiger partial charge in [-0.05, 0) is 49.4 Å². The average Bonchev–Trinajstić information content (AvgIpc) is 3.12. The fraction of sp³-hybridized carbons (Fsp3) is 0.409. The van der Waals surface area contributed by atoms with Crippen LogP contribution in [0.25, 0.3) is 10.8 Å². The third-order valence-electron chi connectivity index (χ3n) is 5.82. The Labute approximate surface area is 139 Å². The number of rotatable bonds is 2. The molecular formula is C22H26N+. The number of nitrogens with zero attached hydrogens (tertiary/aromatic N) is 1. The van der Waals surface area contributed by atoms with Crippen LogP contribution in [0.15, 0.2) is 48.6 Å². The molecule has 1 saturated carbocycles. The lowest BCUT2D eigenvalue weighted by Gasteiger charge is -2.17. The van der Waals surface area contributed by atoms with Crippen molar-refractivity contribution in [3.63, 3.8) is 0 Å². The highest BCUT2D eigenvalue weighted by Gasteiger charge is 2.44. The molecule has 0 N–H and O–H groups in total. The number of benzene rings is 2. The van der Waals surface area contributed by atoms with Crippen molar-refractivity contribution in [2.45, 2.75) is 44.9 Å². The van der Waals surface area contributed by atoms with Crippen LogP contribution < -0.4 is 0 Å². The summed E-state index contributed by atoms with van der Waals surface area (Å²) in [5.41, 5.74) is 4.32. The van der Waals surface area contributed by atoms with E-state index >= 15 is 0 Å². The van der Waals surface area contributed by atoms with Crippen molar-refractivity contribution in [2.24, 2.45) is 5.92 Å². The van der Waals surface area contributed by atoms with Crippen molar-refractivity contribution in [3.05, 3.63) is 54.1 Å². The molecule has 0 unspecified atom stereocenters. The van der Waals surface area contributed by atoms with Gasteiger partial charge in [0.1, 0.15) is 7.05 Å². The van der Waals surface area contributed by atoms with Crippen molar-refractivity contribution >= 4 is 22.2 Å². The highest BCUT2D eigenvalue weighted by atomic mass is 15.0. The minimum Gasteiger partial charge on any atom is -0.198 e. The van der Waals surface area contributed by atoms with Crippen LogP contribution in [-0.2, 0) is 5.41 Å². The lowest BCUT2D eigenvalue weighted by atomic mass is 9.79. The monoisotopic (exact) mass is 304 g/mol. The number of allylic oxidation sites excluding steroid dienone is 2. The third kappa shape index (κ3) is 2.25. The highest BCUT2D eigenvalue weighted by Crippen LogP contribution is 2.43. The quantitative estimate of drug-likeness (QED) is 0.636. The van der Waals surface area contributed by atoms with E-state index in [-0.39, 0.29) is 5.41 Å². The summed E-state index contributed by atoms with van der Waals surface area (Å²) in [6.45, 7) is 4.74. The van der Waals surface area contributed by atoms with Gasteiger partial charge in [0.25, 0.3) is 0 Å². The zero-order chi connectivity index (χ0) is 16.0. The topological polar surface area (TPSA) is 3.01 Å². The lowest BCUT2D eigenvalue weighted by Crippen LogP contribution is -2.27. The Balaban J connectivity index is 1.82. The molecule has 118 valence electrons. The van der Waals surface area contributed by atoms with E-state index in [2.05, 4.69) is 74.0 Å². The molecule has 0 atom stereocenters. The van der Waals surface area contributed by atoms with Gasteiger partial charge >= 0.3 is 0 Å². The molecule has 0 amide bonds. The standard InChI is InChI=1S/C22H26N/c1-22(2)20(15-12-16-8-4-5-9-16)23(3)19-14-13-17-10-6-7-11-18(17)21(19)22/h6-7,10-16H,4-5,8-9H2,1-3H3/q+1. The van der Waals surface area contributed by atoms with Gasteiger partial charge in [-0.1, -0.05) is 43.2 Å². The second kappa shape index (κ2) is 5.33. The summed E-state index contributed by atoms with van der Waals surface area (Å²) in [4.78, 5) is 0. The van der Waals surface area contributed by atoms with Crippen molar-refractivity contribution < 1.29 is 4.58 Å². The van der Waals surface area contributed by atoms with E-state index in [9.17, 15) is 0 Å². The van der Waals surface area contributed by atoms with Crippen molar-refractivity contribution in [3.8, 4) is 0 Å². The first-order valence-corrected chi connectivity index (χ1v) is 8.90. The molecule has 4 rings (SSSR count). The molecule has 1 heterocycles. The minimum atomic E-state index is 0.0556. The first-order valence-electron chi connectivity index (χ1n) is 8.90. The Bertz CT molecular complexity index is 817. The largest absolute Gasteiger partial charge is 0.210 e. The van der Waals surface area contributed by atoms with E-state index in [0.717, 1.165) is 5.92 Å². The highest BCUT2D eigenvalue weighted by molar-refractivity contribution is 6.07. The van der Waals surface area contributed by atoms with Gasteiger partial charge in [0.15, 0.2) is 5.71 Å². The number of fused-ring (bicyclic) bond motifs is 3. The predicted octanol–water partition coefficient (Wildman–Crippen LogP) is 5.59. The maximum atomic E-state index is 2.47. The maximum Gasteiger partial charge on any atom is 0.210 e. The molecule has 0 saturated heterocycles. The van der Waals surface area contributed by atoms with Crippen molar-refractivity contribution in [2.75, 3.05) is 7.05 Å². The lowest BCUT2D eigenvalue weighted by molar-refractivity contribution is -0.401. The summed E-state index contributed by atoms with van der Waals surface area (Å²) in [5, 5.41) is 2.74. The van der Waals surface area contributed by atoms with Gasteiger partial charge < -0.3 is 0 Å². The second-order valence-electron chi connectivity index (χ2n) is 7.65. The van der Waals surface area contributed by atoms with Crippen LogP contribution >= 0.6 is 0 Å². The Kier molecular flexibility index (Phi) is 3.41. The summed E-state index contributed by atoms with van der Waals surface area (Å²) < 4.78 is 2.40. The number of hydrogen-bond acceptors (Lipinski definition) is 0. The van der Waals surface area contributed by atoms with E-state index in [1.54, 1.807) is 0 Å². The van der Waals surface area contributed by atoms with Gasteiger partial charge in [-0.15, -0.1) is 0 Å². The molecule has 1 nitrogen and oxygen atoms in total. The molecule has 2 aliphatic rings. The molecule has 0 aromatic heterocycles. The van der Waals surface area contributed by atoms with Crippen LogP contribution in [0.3, 0.4) is 0 Å². The van der Waals surface area contributed by atoms with E-state index in [0.29, 0.717) is 0 Å². The summed E-state index contributed by atoms with van der Waals surface area (Å²) in [6.07, 6.45) is 10.4. The molecule has 23 heavy (non-hydrogen) atoms. The summed E-state index contributed by atoms with van der Waals surface area (Å²) >= 11 is 0. The van der Waals surface area contributed by atoms with Crippen LogP contribution in [0.4, 0.5) is 5.69 Å². The molecular weight excluding hydrogens is 278 g/mol. The maximum absolute atomic E-state index is 2.47. The zero-order valence-corrected chi connectivity index (χ0v) is 14.5. The fourth-order valence-corrected chi connectivity index (χ4v) is 4.57. The summed E-state index contributed by atoms with van der Waals surface area (Å²) in [5.74, 6) is 0.784. The van der Waals surface area contributed by atoms with Gasteiger partial charge in [0.2, 0.25) is 5.69 Å². The van der Waals surface area contributed by atoms with Crippen LogP contribution in [0.2, 0.25) is 0 Å². The molecule has 0 radical (unpaired) electrons. The molecule has 2 aromatic rings. The van der Waals surface area contributed by atoms with E-state index in [1.807, 2.05) is 0 Å². The molecule has 0 bridgehead atoms. The van der Waals surface area contributed by atoms with E-state index < -0.39 is 0 Å². The molecule has 0 spiro atoms. The SMILES string of the molecule is C[N+]1=C(C=CC2CCCC2)C(C)(C)c2c1ccc1ccccc21. The van der Waals surface area contributed by atoms with Crippen LogP contribution in [0.1, 0.15) is 45.1 Å². The minimum absolute atomic E-state index is 0.0556. The van der Waals surface area contributed by atoms with Gasteiger partial charge in [-0.25, -0.2) is 0 Å². The van der Waals surface area contributed by atoms with Crippen LogP contribution in [-0.4, -0.2) is 17.3 Å². The fourth-order valence-electron chi connectivity index (χ4n) is 4.57. The molecule has 2 aromatic carbocycles. The first kappa shape index (κ1) is 14.7. The van der Waals surface area contributed by atoms with Gasteiger partial charge in [0, 0.05) is 17.7 Å². The summed E-state index contributed by atoms with van der Waals surface area (Å²) in [6, 6.07) is 13.3. The Morgan fingerprint density at radius 3 is 2.57 bits per heavy atom. The molecule has 1 heteroatoms. The Morgan fingerprint density at radius 1 is 1.04 bits per heavy atom. The smallest absolute Gasteiger partial charge is 0.198 e. The van der Waals surface area contributed by atoms with Crippen LogP contribution in [0, 0.1) is 5.92 Å². The summed E-state index contributed by atoms with van der Waals surface area (Å²) in [7, 11) is 2.22. The van der Waals surface area contributed by atoms with Crippen molar-refractivity contribution in [1.82, 2.24) is 0 Å². The normalized spacial score (nSPS) is 20.8. The number of hydrogen-bond donors (Lipinski definition) is 0. The zero-order valence-electron chi connectivity index (χ0n) is 14.5. The Hall–Kier alpha value is -1.89. The van der Waals surface area contributed by atoms with E-state index in [1.165, 1.54) is 53.4 Å². The second-order valence-corrected chi connectivity index (χ2v) is 7.65. The van der Waals surface area contributed by atoms with Gasteiger partial charge in [0.05, 0.1) is 5.41 Å². The molecule has 1 fully saturated rings. The average molecular weight is 304 g/mol. The van der Waals surface area contributed by atoms with Crippen LogP contribution in [0.5, 0.6) is 0 Å². The first-order chi connectivity index (χ1) is 11.1.